The zero-order valence-corrected chi connectivity index (χ0v) is 10.3. The van der Waals surface area contributed by atoms with Crippen LogP contribution in [0, 0.1) is 22.7 Å². The second-order valence-corrected chi connectivity index (χ2v) is 7.13. The third-order valence-electron chi connectivity index (χ3n) is 5.38. The van der Waals surface area contributed by atoms with Crippen LogP contribution in [0.5, 0.6) is 0 Å². The molecule has 0 amide bonds. The summed E-state index contributed by atoms with van der Waals surface area (Å²) in [4.78, 5) is 0. The molecule has 4 saturated carbocycles. The Hall–Kier alpha value is -0.0400. The molecule has 0 heterocycles. The van der Waals surface area contributed by atoms with Crippen molar-refractivity contribution in [1.82, 2.24) is 5.32 Å². The van der Waals surface area contributed by atoms with Crippen LogP contribution >= 0.6 is 0 Å². The van der Waals surface area contributed by atoms with E-state index in [4.69, 9.17) is 0 Å². The Labute approximate surface area is 94.0 Å². The van der Waals surface area contributed by atoms with Crippen LogP contribution in [0.4, 0.5) is 0 Å². The molecule has 1 nitrogen and oxygen atoms in total. The second kappa shape index (κ2) is 3.23. The van der Waals surface area contributed by atoms with Gasteiger partial charge < -0.3 is 5.32 Å². The molecular formula is C14H25N. The molecule has 15 heavy (non-hydrogen) atoms. The van der Waals surface area contributed by atoms with Crippen molar-refractivity contribution in [3.8, 4) is 0 Å². The van der Waals surface area contributed by atoms with E-state index in [0.717, 1.165) is 22.7 Å². The maximum atomic E-state index is 3.36. The lowest BCUT2D eigenvalue weighted by molar-refractivity contribution is -0.104. The van der Waals surface area contributed by atoms with E-state index in [0.29, 0.717) is 0 Å². The first kappa shape index (κ1) is 10.1. The molecule has 0 radical (unpaired) electrons. The van der Waals surface area contributed by atoms with Gasteiger partial charge in [-0.2, -0.15) is 0 Å². The summed E-state index contributed by atoms with van der Waals surface area (Å²) in [5, 5.41) is 3.36. The fourth-order valence-corrected chi connectivity index (χ4v) is 5.61. The number of hydrogen-bond donors (Lipinski definition) is 1. The van der Waals surface area contributed by atoms with Crippen molar-refractivity contribution in [3.63, 3.8) is 0 Å². The third kappa shape index (κ3) is 1.63. The Morgan fingerprint density at radius 3 is 2.33 bits per heavy atom. The van der Waals surface area contributed by atoms with Gasteiger partial charge in [-0.05, 0) is 81.2 Å². The molecule has 0 aromatic carbocycles. The predicted molar refractivity (Wildman–Crippen MR) is 63.8 cm³/mol. The summed E-state index contributed by atoms with van der Waals surface area (Å²) >= 11 is 0. The number of rotatable bonds is 3. The largest absolute Gasteiger partial charge is 0.320 e. The van der Waals surface area contributed by atoms with E-state index in [2.05, 4.69) is 19.3 Å². The van der Waals surface area contributed by atoms with Gasteiger partial charge in [-0.1, -0.05) is 6.92 Å². The van der Waals surface area contributed by atoms with Gasteiger partial charge in [0.1, 0.15) is 0 Å². The van der Waals surface area contributed by atoms with Gasteiger partial charge >= 0.3 is 0 Å². The summed E-state index contributed by atoms with van der Waals surface area (Å²) in [7, 11) is 2.10. The molecule has 4 aliphatic carbocycles. The maximum Gasteiger partial charge on any atom is -0.00466 e. The van der Waals surface area contributed by atoms with Crippen LogP contribution in [-0.4, -0.2) is 13.6 Å². The molecule has 4 aliphatic rings. The molecule has 1 heteroatoms. The van der Waals surface area contributed by atoms with E-state index in [9.17, 15) is 0 Å². The molecule has 0 spiro atoms. The molecular weight excluding hydrogens is 182 g/mol. The van der Waals surface area contributed by atoms with Gasteiger partial charge in [-0.3, -0.25) is 0 Å². The van der Waals surface area contributed by atoms with Gasteiger partial charge in [0, 0.05) is 0 Å². The summed E-state index contributed by atoms with van der Waals surface area (Å²) in [5.74, 6) is 2.18. The molecule has 2 atom stereocenters. The summed E-state index contributed by atoms with van der Waals surface area (Å²) in [6, 6.07) is 0. The minimum absolute atomic E-state index is 0.734. The van der Waals surface area contributed by atoms with Crippen molar-refractivity contribution >= 4 is 0 Å². The molecule has 0 aromatic rings. The molecule has 0 saturated heterocycles. The Bertz CT molecular complexity index is 244. The van der Waals surface area contributed by atoms with E-state index in [-0.39, 0.29) is 0 Å². The van der Waals surface area contributed by atoms with Crippen LogP contribution in [0.25, 0.3) is 0 Å². The van der Waals surface area contributed by atoms with Crippen LogP contribution in [-0.2, 0) is 0 Å². The Kier molecular flexibility index (Phi) is 2.18. The van der Waals surface area contributed by atoms with Crippen molar-refractivity contribution < 1.29 is 0 Å². The van der Waals surface area contributed by atoms with E-state index < -0.39 is 0 Å². The molecule has 1 N–H and O–H groups in total. The van der Waals surface area contributed by atoms with Gasteiger partial charge in [0.2, 0.25) is 0 Å². The van der Waals surface area contributed by atoms with Crippen molar-refractivity contribution in [1.29, 1.82) is 0 Å². The van der Waals surface area contributed by atoms with Gasteiger partial charge in [0.15, 0.2) is 0 Å². The van der Waals surface area contributed by atoms with Crippen molar-refractivity contribution in [2.75, 3.05) is 13.6 Å². The highest BCUT2D eigenvalue weighted by atomic mass is 14.8. The fraction of sp³-hybridized carbons (Fsp3) is 1.00. The number of hydrogen-bond acceptors (Lipinski definition) is 1. The molecule has 0 aliphatic heterocycles. The Morgan fingerprint density at radius 2 is 1.80 bits per heavy atom. The smallest absolute Gasteiger partial charge is 0.00466 e. The van der Waals surface area contributed by atoms with Crippen molar-refractivity contribution in [2.24, 2.45) is 22.7 Å². The molecule has 4 rings (SSSR count). The highest BCUT2D eigenvalue weighted by Crippen LogP contribution is 2.65. The predicted octanol–water partition coefficient (Wildman–Crippen LogP) is 3.20. The maximum absolute atomic E-state index is 3.36. The van der Waals surface area contributed by atoms with Crippen LogP contribution in [0.2, 0.25) is 0 Å². The van der Waals surface area contributed by atoms with Gasteiger partial charge in [0.05, 0.1) is 0 Å². The Morgan fingerprint density at radius 1 is 1.13 bits per heavy atom. The standard InChI is InChI=1S/C14H25N/c1-13-6-11-5-12(7-13)9-14(8-11,10-13)3-4-15-2/h11-12,15H,3-10H2,1-2H3. The monoisotopic (exact) mass is 207 g/mol. The molecule has 4 fully saturated rings. The van der Waals surface area contributed by atoms with Crippen molar-refractivity contribution in [3.05, 3.63) is 0 Å². The van der Waals surface area contributed by atoms with Crippen LogP contribution in [0.15, 0.2) is 0 Å². The quantitative estimate of drug-likeness (QED) is 0.749. The molecule has 2 unspecified atom stereocenters. The fourth-order valence-electron chi connectivity index (χ4n) is 5.61. The minimum Gasteiger partial charge on any atom is -0.320 e. The van der Waals surface area contributed by atoms with E-state index >= 15 is 0 Å². The summed E-state index contributed by atoms with van der Waals surface area (Å²) in [5.41, 5.74) is 1.49. The summed E-state index contributed by atoms with van der Waals surface area (Å²) in [6.07, 6.45) is 10.7. The first-order valence-corrected chi connectivity index (χ1v) is 6.78. The van der Waals surface area contributed by atoms with Gasteiger partial charge in [0.25, 0.3) is 0 Å². The lowest BCUT2D eigenvalue weighted by Gasteiger charge is -2.61. The summed E-state index contributed by atoms with van der Waals surface area (Å²) < 4.78 is 0. The van der Waals surface area contributed by atoms with Crippen LogP contribution in [0.1, 0.15) is 51.9 Å². The van der Waals surface area contributed by atoms with Gasteiger partial charge in [-0.15, -0.1) is 0 Å². The van der Waals surface area contributed by atoms with E-state index in [1.165, 1.54) is 19.4 Å². The Balaban J connectivity index is 1.80. The highest BCUT2D eigenvalue weighted by molar-refractivity contribution is 5.06. The SMILES string of the molecule is CNCCC12CC3CC(CC(C)(C3)C1)C2. The summed E-state index contributed by atoms with van der Waals surface area (Å²) in [6.45, 7) is 3.80. The topological polar surface area (TPSA) is 12.0 Å². The highest BCUT2D eigenvalue weighted by Gasteiger charge is 2.55. The van der Waals surface area contributed by atoms with E-state index in [1.807, 2.05) is 0 Å². The zero-order valence-electron chi connectivity index (χ0n) is 10.3. The first-order chi connectivity index (χ1) is 7.13. The lowest BCUT2D eigenvalue weighted by atomic mass is 9.44. The third-order valence-corrected chi connectivity index (χ3v) is 5.38. The normalized spacial score (nSPS) is 52.4. The zero-order chi connectivity index (χ0) is 10.5. The second-order valence-electron chi connectivity index (χ2n) is 7.13. The van der Waals surface area contributed by atoms with Crippen LogP contribution < -0.4 is 5.32 Å². The van der Waals surface area contributed by atoms with Crippen LogP contribution in [0.3, 0.4) is 0 Å². The number of nitrogens with one attached hydrogen (secondary N) is 1. The molecule has 0 aromatic heterocycles. The molecule has 4 bridgehead atoms. The lowest BCUT2D eigenvalue weighted by Crippen LogP contribution is -2.51. The van der Waals surface area contributed by atoms with E-state index in [1.54, 1.807) is 32.1 Å². The average molecular weight is 207 g/mol. The van der Waals surface area contributed by atoms with Gasteiger partial charge in [-0.25, -0.2) is 0 Å². The minimum atomic E-state index is 0.734. The average Bonchev–Trinajstić information content (AvgIpc) is 2.10. The van der Waals surface area contributed by atoms with Crippen molar-refractivity contribution in [2.45, 2.75) is 51.9 Å². The first-order valence-electron chi connectivity index (χ1n) is 6.78. The molecule has 86 valence electrons.